The monoisotopic (exact) mass is 239 g/mol. The van der Waals surface area contributed by atoms with Crippen molar-refractivity contribution in [1.29, 1.82) is 0 Å². The Morgan fingerprint density at radius 1 is 1.35 bits per heavy atom. The first-order chi connectivity index (χ1) is 7.69. The maximum absolute atomic E-state index is 11.1. The van der Waals surface area contributed by atoms with Crippen molar-refractivity contribution in [2.45, 2.75) is 64.6 Å². The normalized spacial score (nSPS) is 24.3. The van der Waals surface area contributed by atoms with Gasteiger partial charge in [0, 0.05) is 37.4 Å². The Balaban J connectivity index is 2.87. The van der Waals surface area contributed by atoms with E-state index in [2.05, 4.69) is 39.2 Å². The lowest BCUT2D eigenvalue weighted by atomic mass is 9.78. The average Bonchev–Trinajstić information content (AvgIpc) is 2.08. The molecule has 1 aliphatic rings. The molecule has 0 bridgehead atoms. The van der Waals surface area contributed by atoms with Gasteiger partial charge in [-0.3, -0.25) is 9.69 Å². The van der Waals surface area contributed by atoms with Crippen LogP contribution in [0.2, 0.25) is 0 Å². The predicted molar refractivity (Wildman–Crippen MR) is 69.8 cm³/mol. The fourth-order valence-corrected chi connectivity index (χ4v) is 3.17. The van der Waals surface area contributed by atoms with Crippen LogP contribution >= 0.6 is 0 Å². The molecule has 1 aliphatic heterocycles. The Morgan fingerprint density at radius 3 is 2.18 bits per heavy atom. The van der Waals surface area contributed by atoms with E-state index >= 15 is 0 Å². The summed E-state index contributed by atoms with van der Waals surface area (Å²) in [5.41, 5.74) is 0.0477. The van der Waals surface area contributed by atoms with E-state index in [0.29, 0.717) is 0 Å². The third-order valence-electron chi connectivity index (χ3n) is 3.56. The molecule has 17 heavy (non-hydrogen) atoms. The van der Waals surface area contributed by atoms with E-state index < -0.39 is 0 Å². The van der Waals surface area contributed by atoms with E-state index in [9.17, 15) is 4.79 Å². The average molecular weight is 239 g/mol. The van der Waals surface area contributed by atoms with Crippen LogP contribution in [-0.2, 0) is 9.53 Å². The van der Waals surface area contributed by atoms with Gasteiger partial charge in [0.2, 0.25) is 0 Å². The molecule has 0 amide bonds. The Kier molecular flexibility index (Phi) is 4.03. The summed E-state index contributed by atoms with van der Waals surface area (Å²) in [4.78, 5) is 13.5. The number of hydrogen-bond donors (Lipinski definition) is 0. The molecule has 1 rings (SSSR count). The summed E-state index contributed by atoms with van der Waals surface area (Å²) in [6.07, 6.45) is 3.72. The van der Waals surface area contributed by atoms with Gasteiger partial charge in [-0.2, -0.15) is 0 Å². The van der Waals surface area contributed by atoms with Gasteiger partial charge < -0.3 is 4.74 Å². The SMILES string of the molecule is C=CCN1C(C)(C)CC(OC(C)=O)CC1(C)C. The molecular formula is C14H25NO2. The number of esters is 1. The molecule has 0 aromatic carbocycles. The van der Waals surface area contributed by atoms with E-state index in [1.807, 2.05) is 6.08 Å². The lowest BCUT2D eigenvalue weighted by Crippen LogP contribution is -2.62. The number of hydrogen-bond acceptors (Lipinski definition) is 3. The standard InChI is InChI=1S/C14H25NO2/c1-7-8-15-13(3,4)9-12(17-11(2)16)10-14(15,5)6/h7,12H,1,8-10H2,2-6H3. The minimum atomic E-state index is -0.182. The largest absolute Gasteiger partial charge is 0.462 e. The van der Waals surface area contributed by atoms with E-state index in [1.54, 1.807) is 0 Å². The smallest absolute Gasteiger partial charge is 0.302 e. The van der Waals surface area contributed by atoms with Crippen LogP contribution in [0.1, 0.15) is 47.5 Å². The third-order valence-corrected chi connectivity index (χ3v) is 3.56. The van der Waals surface area contributed by atoms with Crippen molar-refractivity contribution in [3.05, 3.63) is 12.7 Å². The van der Waals surface area contributed by atoms with Gasteiger partial charge >= 0.3 is 5.97 Å². The fourth-order valence-electron chi connectivity index (χ4n) is 3.17. The van der Waals surface area contributed by atoms with Gasteiger partial charge in [-0.25, -0.2) is 0 Å². The van der Waals surface area contributed by atoms with Gasteiger partial charge in [0.15, 0.2) is 0 Å². The third kappa shape index (κ3) is 3.32. The molecule has 0 N–H and O–H groups in total. The Bertz CT molecular complexity index is 289. The number of piperidine rings is 1. The lowest BCUT2D eigenvalue weighted by molar-refractivity contribution is -0.157. The molecule has 3 nitrogen and oxygen atoms in total. The molecule has 0 aliphatic carbocycles. The summed E-state index contributed by atoms with van der Waals surface area (Å²) in [5.74, 6) is -0.182. The lowest BCUT2D eigenvalue weighted by Gasteiger charge is -2.54. The molecule has 1 fully saturated rings. The number of likely N-dealkylation sites (tertiary alicyclic amines) is 1. The molecule has 0 radical (unpaired) electrons. The van der Waals surface area contributed by atoms with E-state index in [0.717, 1.165) is 19.4 Å². The highest BCUT2D eigenvalue weighted by atomic mass is 16.5. The van der Waals surface area contributed by atoms with Crippen LogP contribution in [0, 0.1) is 0 Å². The zero-order valence-electron chi connectivity index (χ0n) is 11.7. The molecule has 98 valence electrons. The first-order valence-electron chi connectivity index (χ1n) is 6.25. The highest BCUT2D eigenvalue weighted by molar-refractivity contribution is 5.66. The van der Waals surface area contributed by atoms with Gasteiger partial charge in [-0.1, -0.05) is 6.08 Å². The van der Waals surface area contributed by atoms with Crippen molar-refractivity contribution >= 4 is 5.97 Å². The summed E-state index contributed by atoms with van der Waals surface area (Å²) >= 11 is 0. The Hall–Kier alpha value is -0.830. The molecule has 1 heterocycles. The number of ether oxygens (including phenoxy) is 1. The van der Waals surface area contributed by atoms with Gasteiger partial charge in [0.1, 0.15) is 6.10 Å². The molecule has 0 aromatic heterocycles. The summed E-state index contributed by atoms with van der Waals surface area (Å²) in [6.45, 7) is 15.0. The quantitative estimate of drug-likeness (QED) is 0.560. The van der Waals surface area contributed by atoms with Gasteiger partial charge in [-0.05, 0) is 27.7 Å². The van der Waals surface area contributed by atoms with Crippen molar-refractivity contribution in [1.82, 2.24) is 4.90 Å². The van der Waals surface area contributed by atoms with Gasteiger partial charge in [-0.15, -0.1) is 6.58 Å². The van der Waals surface area contributed by atoms with Gasteiger partial charge in [0.25, 0.3) is 0 Å². The first kappa shape index (κ1) is 14.2. The topological polar surface area (TPSA) is 29.5 Å². The van der Waals surface area contributed by atoms with Crippen LogP contribution < -0.4 is 0 Å². The van der Waals surface area contributed by atoms with Crippen LogP contribution in [-0.4, -0.2) is 34.6 Å². The minimum absolute atomic E-state index is 0.0239. The van der Waals surface area contributed by atoms with E-state index in [4.69, 9.17) is 4.74 Å². The maximum Gasteiger partial charge on any atom is 0.302 e. The Morgan fingerprint density at radius 2 is 1.82 bits per heavy atom. The first-order valence-corrected chi connectivity index (χ1v) is 6.25. The van der Waals surface area contributed by atoms with Crippen LogP contribution in [0.15, 0.2) is 12.7 Å². The molecule has 0 spiro atoms. The summed E-state index contributed by atoms with van der Waals surface area (Å²) in [5, 5.41) is 0. The van der Waals surface area contributed by atoms with Crippen molar-refractivity contribution in [3.63, 3.8) is 0 Å². The van der Waals surface area contributed by atoms with Crippen LogP contribution in [0.25, 0.3) is 0 Å². The maximum atomic E-state index is 11.1. The van der Waals surface area contributed by atoms with Crippen molar-refractivity contribution in [2.24, 2.45) is 0 Å². The minimum Gasteiger partial charge on any atom is -0.462 e. The number of rotatable bonds is 3. The molecule has 1 saturated heterocycles. The zero-order chi connectivity index (χ0) is 13.3. The van der Waals surface area contributed by atoms with E-state index in [-0.39, 0.29) is 23.2 Å². The molecule has 0 atom stereocenters. The second kappa shape index (κ2) is 4.81. The fraction of sp³-hybridized carbons (Fsp3) is 0.786. The summed E-state index contributed by atoms with van der Waals surface area (Å²) < 4.78 is 5.40. The van der Waals surface area contributed by atoms with Crippen LogP contribution in [0.4, 0.5) is 0 Å². The molecule has 0 saturated carbocycles. The Labute approximate surface area is 105 Å². The second-order valence-electron chi connectivity index (χ2n) is 6.16. The number of nitrogens with zero attached hydrogens (tertiary/aromatic N) is 1. The highest BCUT2D eigenvalue weighted by Crippen LogP contribution is 2.39. The van der Waals surface area contributed by atoms with Crippen molar-refractivity contribution < 1.29 is 9.53 Å². The van der Waals surface area contributed by atoms with Crippen LogP contribution in [0.5, 0.6) is 0 Å². The van der Waals surface area contributed by atoms with Crippen LogP contribution in [0.3, 0.4) is 0 Å². The summed E-state index contributed by atoms with van der Waals surface area (Å²) in [7, 11) is 0. The van der Waals surface area contributed by atoms with E-state index in [1.165, 1.54) is 6.92 Å². The molecular weight excluding hydrogens is 214 g/mol. The van der Waals surface area contributed by atoms with Crippen molar-refractivity contribution in [2.75, 3.05) is 6.54 Å². The molecule has 0 aromatic rings. The van der Waals surface area contributed by atoms with Crippen molar-refractivity contribution in [3.8, 4) is 0 Å². The summed E-state index contributed by atoms with van der Waals surface area (Å²) in [6, 6.07) is 0. The second-order valence-corrected chi connectivity index (χ2v) is 6.16. The highest BCUT2D eigenvalue weighted by Gasteiger charge is 2.45. The number of carbonyl (C=O) groups is 1. The van der Waals surface area contributed by atoms with Gasteiger partial charge in [0.05, 0.1) is 0 Å². The number of carbonyl (C=O) groups excluding carboxylic acids is 1. The zero-order valence-corrected chi connectivity index (χ0v) is 11.7. The molecule has 0 unspecified atom stereocenters. The predicted octanol–water partition coefficient (Wildman–Crippen LogP) is 2.76. The molecule has 3 heteroatoms.